The van der Waals surface area contributed by atoms with Crippen molar-refractivity contribution in [2.75, 3.05) is 6.54 Å². The van der Waals surface area contributed by atoms with Gasteiger partial charge in [0.15, 0.2) is 5.03 Å². The summed E-state index contributed by atoms with van der Waals surface area (Å²) in [7, 11) is -3.67. The van der Waals surface area contributed by atoms with Crippen LogP contribution in [-0.2, 0) is 16.4 Å². The standard InChI is InChI=1S/C14H16N2O3S/c17-13(10-12-6-2-1-3-7-12)11-16-20(18,19)14-8-4-5-9-15-14/h1-9,13,16-17H,10-11H2. The third kappa shape index (κ3) is 4.12. The third-order valence-corrected chi connectivity index (χ3v) is 4.08. The molecule has 2 N–H and O–H groups in total. The number of aliphatic hydroxyl groups is 1. The summed E-state index contributed by atoms with van der Waals surface area (Å²) < 4.78 is 26.2. The summed E-state index contributed by atoms with van der Waals surface area (Å²) in [5, 5.41) is 9.82. The second kappa shape index (κ2) is 6.60. The van der Waals surface area contributed by atoms with E-state index in [0.717, 1.165) is 5.56 Å². The SMILES string of the molecule is O=S(=O)(NCC(O)Cc1ccccc1)c1ccccn1. The molecule has 2 aromatic rings. The highest BCUT2D eigenvalue weighted by atomic mass is 32.2. The van der Waals surface area contributed by atoms with Crippen molar-refractivity contribution >= 4 is 10.0 Å². The summed E-state index contributed by atoms with van der Waals surface area (Å²) in [6.07, 6.45) is 1.02. The van der Waals surface area contributed by atoms with Crippen LogP contribution in [0.1, 0.15) is 5.56 Å². The average Bonchev–Trinajstić information content (AvgIpc) is 2.47. The van der Waals surface area contributed by atoms with Gasteiger partial charge in [0.1, 0.15) is 0 Å². The molecule has 1 aromatic heterocycles. The van der Waals surface area contributed by atoms with E-state index < -0.39 is 16.1 Å². The van der Waals surface area contributed by atoms with Gasteiger partial charge in [-0.1, -0.05) is 36.4 Å². The van der Waals surface area contributed by atoms with Gasteiger partial charge < -0.3 is 5.11 Å². The van der Waals surface area contributed by atoms with Crippen molar-refractivity contribution in [1.29, 1.82) is 0 Å². The van der Waals surface area contributed by atoms with Gasteiger partial charge in [-0.3, -0.25) is 0 Å². The Kier molecular flexibility index (Phi) is 4.84. The van der Waals surface area contributed by atoms with Crippen molar-refractivity contribution in [3.8, 4) is 0 Å². The first kappa shape index (κ1) is 14.6. The predicted molar refractivity (Wildman–Crippen MR) is 75.6 cm³/mol. The maximum absolute atomic E-state index is 11.9. The second-order valence-corrected chi connectivity index (χ2v) is 6.08. The lowest BCUT2D eigenvalue weighted by molar-refractivity contribution is 0.179. The Morgan fingerprint density at radius 3 is 2.45 bits per heavy atom. The van der Waals surface area contributed by atoms with Crippen molar-refractivity contribution in [1.82, 2.24) is 9.71 Å². The molecule has 0 saturated heterocycles. The van der Waals surface area contributed by atoms with E-state index in [4.69, 9.17) is 0 Å². The smallest absolute Gasteiger partial charge is 0.258 e. The lowest BCUT2D eigenvalue weighted by atomic mass is 10.1. The number of nitrogens with zero attached hydrogens (tertiary/aromatic N) is 1. The zero-order chi connectivity index (χ0) is 14.4. The minimum Gasteiger partial charge on any atom is -0.391 e. The van der Waals surface area contributed by atoms with Crippen LogP contribution in [0.2, 0.25) is 0 Å². The molecule has 6 heteroatoms. The molecule has 0 saturated carbocycles. The van der Waals surface area contributed by atoms with Crippen LogP contribution in [0.3, 0.4) is 0 Å². The van der Waals surface area contributed by atoms with E-state index >= 15 is 0 Å². The Hall–Kier alpha value is -1.76. The minimum atomic E-state index is -3.67. The highest BCUT2D eigenvalue weighted by Gasteiger charge is 2.16. The number of pyridine rings is 1. The molecule has 1 atom stereocenters. The van der Waals surface area contributed by atoms with Crippen molar-refractivity contribution in [2.45, 2.75) is 17.6 Å². The number of rotatable bonds is 6. The molecule has 2 rings (SSSR count). The van der Waals surface area contributed by atoms with Gasteiger partial charge in [0, 0.05) is 12.7 Å². The first-order chi connectivity index (χ1) is 9.58. The molecule has 1 unspecified atom stereocenters. The molecule has 0 spiro atoms. The zero-order valence-corrected chi connectivity index (χ0v) is 11.6. The normalized spacial score (nSPS) is 13.1. The molecule has 5 nitrogen and oxygen atoms in total. The van der Waals surface area contributed by atoms with Gasteiger partial charge in [0.05, 0.1) is 6.10 Å². The van der Waals surface area contributed by atoms with Crippen molar-refractivity contribution in [3.63, 3.8) is 0 Å². The fraction of sp³-hybridized carbons (Fsp3) is 0.214. The highest BCUT2D eigenvalue weighted by Crippen LogP contribution is 2.05. The third-order valence-electron chi connectivity index (χ3n) is 2.74. The van der Waals surface area contributed by atoms with Crippen molar-refractivity contribution < 1.29 is 13.5 Å². The number of sulfonamides is 1. The van der Waals surface area contributed by atoms with Gasteiger partial charge in [0.25, 0.3) is 10.0 Å². The molecule has 0 aliphatic carbocycles. The van der Waals surface area contributed by atoms with E-state index in [1.54, 1.807) is 12.1 Å². The predicted octanol–water partition coefficient (Wildman–Crippen LogP) is 0.963. The largest absolute Gasteiger partial charge is 0.391 e. The number of hydrogen-bond acceptors (Lipinski definition) is 4. The fourth-order valence-electron chi connectivity index (χ4n) is 1.74. The molecule has 0 fully saturated rings. The summed E-state index contributed by atoms with van der Waals surface area (Å²) in [4.78, 5) is 3.78. The summed E-state index contributed by atoms with van der Waals surface area (Å²) >= 11 is 0. The zero-order valence-electron chi connectivity index (χ0n) is 10.8. The molecule has 0 bridgehead atoms. The Balaban J connectivity index is 1.92. The lowest BCUT2D eigenvalue weighted by Gasteiger charge is -2.12. The second-order valence-electron chi connectivity index (χ2n) is 4.36. The Morgan fingerprint density at radius 2 is 1.80 bits per heavy atom. The van der Waals surface area contributed by atoms with Gasteiger partial charge in [-0.15, -0.1) is 0 Å². The highest BCUT2D eigenvalue weighted by molar-refractivity contribution is 7.89. The van der Waals surface area contributed by atoms with Crippen molar-refractivity contribution in [3.05, 3.63) is 60.3 Å². The van der Waals surface area contributed by atoms with E-state index in [0.29, 0.717) is 6.42 Å². The van der Waals surface area contributed by atoms with Gasteiger partial charge in [0.2, 0.25) is 0 Å². The van der Waals surface area contributed by atoms with Gasteiger partial charge in [-0.25, -0.2) is 18.1 Å². The van der Waals surface area contributed by atoms with Crippen LogP contribution in [0.15, 0.2) is 59.8 Å². The summed E-state index contributed by atoms with van der Waals surface area (Å²) in [6, 6.07) is 14.1. The molecule has 1 heterocycles. The number of hydrogen-bond donors (Lipinski definition) is 2. The Morgan fingerprint density at radius 1 is 1.10 bits per heavy atom. The number of aliphatic hydroxyl groups excluding tert-OH is 1. The molecule has 106 valence electrons. The summed E-state index contributed by atoms with van der Waals surface area (Å²) in [5.41, 5.74) is 0.956. The Bertz CT molecular complexity index is 630. The van der Waals surface area contributed by atoms with Gasteiger partial charge >= 0.3 is 0 Å². The molecule has 0 aliphatic rings. The number of aromatic nitrogens is 1. The van der Waals surface area contributed by atoms with Crippen LogP contribution in [0.25, 0.3) is 0 Å². The summed E-state index contributed by atoms with van der Waals surface area (Å²) in [6.45, 7) is -0.0478. The average molecular weight is 292 g/mol. The van der Waals surface area contributed by atoms with Crippen LogP contribution in [-0.4, -0.2) is 31.2 Å². The van der Waals surface area contributed by atoms with E-state index in [1.807, 2.05) is 30.3 Å². The molecule has 0 radical (unpaired) electrons. The molecular formula is C14H16N2O3S. The van der Waals surface area contributed by atoms with E-state index in [1.165, 1.54) is 12.3 Å². The summed E-state index contributed by atoms with van der Waals surface area (Å²) in [5.74, 6) is 0. The van der Waals surface area contributed by atoms with Gasteiger partial charge in [-0.2, -0.15) is 0 Å². The Labute approximate surface area is 118 Å². The van der Waals surface area contributed by atoms with Gasteiger partial charge in [-0.05, 0) is 24.1 Å². The topological polar surface area (TPSA) is 79.3 Å². The molecule has 0 aliphatic heterocycles. The first-order valence-corrected chi connectivity index (χ1v) is 7.69. The van der Waals surface area contributed by atoms with E-state index in [-0.39, 0.29) is 11.6 Å². The maximum Gasteiger partial charge on any atom is 0.258 e. The van der Waals surface area contributed by atoms with Crippen LogP contribution < -0.4 is 4.72 Å². The number of benzene rings is 1. The van der Waals surface area contributed by atoms with E-state index in [9.17, 15) is 13.5 Å². The molecule has 0 amide bonds. The van der Waals surface area contributed by atoms with Crippen LogP contribution in [0.4, 0.5) is 0 Å². The fourth-order valence-corrected chi connectivity index (χ4v) is 2.76. The number of nitrogens with one attached hydrogen (secondary N) is 1. The molecular weight excluding hydrogens is 276 g/mol. The maximum atomic E-state index is 11.9. The molecule has 1 aromatic carbocycles. The quantitative estimate of drug-likeness (QED) is 0.831. The minimum absolute atomic E-state index is 0.0478. The van der Waals surface area contributed by atoms with Crippen LogP contribution >= 0.6 is 0 Å². The van der Waals surface area contributed by atoms with Crippen LogP contribution in [0, 0.1) is 0 Å². The van der Waals surface area contributed by atoms with Crippen molar-refractivity contribution in [2.24, 2.45) is 0 Å². The monoisotopic (exact) mass is 292 g/mol. The van der Waals surface area contributed by atoms with E-state index in [2.05, 4.69) is 9.71 Å². The first-order valence-electron chi connectivity index (χ1n) is 6.20. The lowest BCUT2D eigenvalue weighted by Crippen LogP contribution is -2.33. The van der Waals surface area contributed by atoms with Crippen LogP contribution in [0.5, 0.6) is 0 Å². The molecule has 20 heavy (non-hydrogen) atoms.